The molecule has 0 N–H and O–H groups in total. The van der Waals surface area contributed by atoms with Gasteiger partial charge in [-0.25, -0.2) is 0 Å². The van der Waals surface area contributed by atoms with E-state index < -0.39 is 0 Å². The van der Waals surface area contributed by atoms with Gasteiger partial charge in [-0.1, -0.05) is 80.6 Å². The molecule has 2 aromatic carbocycles. The van der Waals surface area contributed by atoms with Gasteiger partial charge in [-0.2, -0.15) is 0 Å². The lowest BCUT2D eigenvalue weighted by Gasteiger charge is -2.28. The lowest BCUT2D eigenvalue weighted by molar-refractivity contribution is 0.905. The van der Waals surface area contributed by atoms with Gasteiger partial charge >= 0.3 is 0 Å². The Bertz CT molecular complexity index is 758. The highest BCUT2D eigenvalue weighted by Gasteiger charge is 2.23. The number of hydrogen-bond donors (Lipinski definition) is 0. The van der Waals surface area contributed by atoms with Gasteiger partial charge in [0, 0.05) is 0 Å². The van der Waals surface area contributed by atoms with Gasteiger partial charge in [0.25, 0.3) is 0 Å². The fourth-order valence-corrected chi connectivity index (χ4v) is 3.41. The van der Waals surface area contributed by atoms with Crippen LogP contribution in [0, 0.1) is 0 Å². The lowest BCUT2D eigenvalue weighted by atomic mass is 9.76. The molecule has 0 saturated carbocycles. The van der Waals surface area contributed by atoms with E-state index in [1.165, 1.54) is 46.3 Å². The summed E-state index contributed by atoms with van der Waals surface area (Å²) < 4.78 is 0. The van der Waals surface area contributed by atoms with Crippen molar-refractivity contribution in [1.82, 2.24) is 0 Å². The SMILES string of the molecule is CCC=C(CC)C(=Cc1ccccc1)C1=C(c2ccccc2)CC1. The van der Waals surface area contributed by atoms with Crippen LogP contribution in [0.2, 0.25) is 0 Å². The molecule has 0 aromatic heterocycles. The van der Waals surface area contributed by atoms with Gasteiger partial charge in [0.05, 0.1) is 0 Å². The van der Waals surface area contributed by atoms with Crippen molar-refractivity contribution in [1.29, 1.82) is 0 Å². The summed E-state index contributed by atoms with van der Waals surface area (Å²) in [5.41, 5.74) is 8.64. The van der Waals surface area contributed by atoms with Gasteiger partial charge in [-0.3, -0.25) is 0 Å². The van der Waals surface area contributed by atoms with Crippen molar-refractivity contribution in [3.05, 3.63) is 94.6 Å². The quantitative estimate of drug-likeness (QED) is 0.500. The standard InChI is InChI=1S/C24H26/c1-3-11-20(4-2)24(18-19-12-7-5-8-13-19)23-17-16-22(23)21-14-9-6-10-15-21/h5-15,18H,3-4,16-17H2,1-2H3. The maximum Gasteiger partial charge on any atom is -0.0187 e. The van der Waals surface area contributed by atoms with Gasteiger partial charge in [0.2, 0.25) is 0 Å². The van der Waals surface area contributed by atoms with Crippen LogP contribution in [0.15, 0.2) is 83.5 Å². The van der Waals surface area contributed by atoms with Crippen molar-refractivity contribution in [3.8, 4) is 0 Å². The summed E-state index contributed by atoms with van der Waals surface area (Å²) in [5, 5.41) is 0. The first-order chi connectivity index (χ1) is 11.8. The Hall–Kier alpha value is -2.34. The molecular formula is C24H26. The van der Waals surface area contributed by atoms with E-state index in [2.05, 4.69) is 86.7 Å². The Labute approximate surface area is 146 Å². The number of allylic oxidation sites excluding steroid dienone is 5. The maximum atomic E-state index is 2.39. The molecule has 1 aliphatic rings. The van der Waals surface area contributed by atoms with Crippen LogP contribution in [0.1, 0.15) is 50.7 Å². The molecule has 0 amide bonds. The van der Waals surface area contributed by atoms with Crippen LogP contribution in [0.4, 0.5) is 0 Å². The zero-order valence-electron chi connectivity index (χ0n) is 14.8. The van der Waals surface area contributed by atoms with Crippen molar-refractivity contribution in [2.24, 2.45) is 0 Å². The molecule has 0 bridgehead atoms. The average Bonchev–Trinajstić information content (AvgIpc) is 2.60. The molecule has 0 aliphatic heterocycles. The van der Waals surface area contributed by atoms with Gasteiger partial charge < -0.3 is 0 Å². The second-order valence-electron chi connectivity index (χ2n) is 6.28. The van der Waals surface area contributed by atoms with Gasteiger partial charge in [-0.15, -0.1) is 0 Å². The first-order valence-corrected chi connectivity index (χ1v) is 9.07. The third-order valence-electron chi connectivity index (χ3n) is 4.72. The molecule has 0 fully saturated rings. The van der Waals surface area contributed by atoms with Crippen LogP contribution in [0.5, 0.6) is 0 Å². The molecule has 0 spiro atoms. The van der Waals surface area contributed by atoms with Crippen LogP contribution in [0.25, 0.3) is 11.6 Å². The fourth-order valence-electron chi connectivity index (χ4n) is 3.41. The molecule has 0 nitrogen and oxygen atoms in total. The smallest absolute Gasteiger partial charge is 0.0187 e. The summed E-state index contributed by atoms with van der Waals surface area (Å²) in [7, 11) is 0. The normalized spacial score (nSPS) is 15.4. The van der Waals surface area contributed by atoms with Crippen molar-refractivity contribution in [2.75, 3.05) is 0 Å². The Morgan fingerprint density at radius 2 is 1.54 bits per heavy atom. The van der Waals surface area contributed by atoms with E-state index in [0.29, 0.717) is 0 Å². The molecule has 0 heteroatoms. The third kappa shape index (κ3) is 3.59. The van der Waals surface area contributed by atoms with E-state index in [-0.39, 0.29) is 0 Å². The van der Waals surface area contributed by atoms with E-state index >= 15 is 0 Å². The Morgan fingerprint density at radius 3 is 2.08 bits per heavy atom. The zero-order chi connectivity index (χ0) is 16.8. The summed E-state index contributed by atoms with van der Waals surface area (Å²) in [6.07, 6.45) is 9.31. The lowest BCUT2D eigenvalue weighted by Crippen LogP contribution is -2.08. The molecule has 24 heavy (non-hydrogen) atoms. The molecular weight excluding hydrogens is 288 g/mol. The number of rotatable bonds is 6. The van der Waals surface area contributed by atoms with E-state index in [4.69, 9.17) is 0 Å². The first-order valence-electron chi connectivity index (χ1n) is 9.07. The van der Waals surface area contributed by atoms with Crippen LogP contribution in [-0.4, -0.2) is 0 Å². The molecule has 1 aliphatic carbocycles. The van der Waals surface area contributed by atoms with E-state index in [1.54, 1.807) is 0 Å². The topological polar surface area (TPSA) is 0 Å². The molecule has 2 aromatic rings. The minimum atomic E-state index is 1.08. The van der Waals surface area contributed by atoms with Crippen molar-refractivity contribution < 1.29 is 0 Å². The predicted octanol–water partition coefficient (Wildman–Crippen LogP) is 7.06. The second-order valence-corrected chi connectivity index (χ2v) is 6.28. The Balaban J connectivity index is 2.09. The second kappa shape index (κ2) is 7.97. The monoisotopic (exact) mass is 314 g/mol. The third-order valence-corrected chi connectivity index (χ3v) is 4.72. The molecule has 0 saturated heterocycles. The van der Waals surface area contributed by atoms with E-state index in [0.717, 1.165) is 12.8 Å². The average molecular weight is 314 g/mol. The summed E-state index contributed by atoms with van der Waals surface area (Å²) in [5.74, 6) is 0. The van der Waals surface area contributed by atoms with Crippen molar-refractivity contribution in [2.45, 2.75) is 39.5 Å². The van der Waals surface area contributed by atoms with Gasteiger partial charge in [0.15, 0.2) is 0 Å². The highest BCUT2D eigenvalue weighted by Crippen LogP contribution is 2.43. The van der Waals surface area contributed by atoms with Crippen molar-refractivity contribution in [3.63, 3.8) is 0 Å². The highest BCUT2D eigenvalue weighted by molar-refractivity contribution is 5.82. The fraction of sp³-hybridized carbons (Fsp3) is 0.250. The van der Waals surface area contributed by atoms with Gasteiger partial charge in [-0.05, 0) is 65.2 Å². The van der Waals surface area contributed by atoms with E-state index in [1.807, 2.05) is 0 Å². The van der Waals surface area contributed by atoms with Crippen LogP contribution >= 0.6 is 0 Å². The summed E-state index contributed by atoms with van der Waals surface area (Å²) in [4.78, 5) is 0. The van der Waals surface area contributed by atoms with E-state index in [9.17, 15) is 0 Å². The Morgan fingerprint density at radius 1 is 0.875 bits per heavy atom. The minimum absolute atomic E-state index is 1.08. The predicted molar refractivity (Wildman–Crippen MR) is 106 cm³/mol. The summed E-state index contributed by atoms with van der Waals surface area (Å²) in [6, 6.07) is 21.6. The van der Waals surface area contributed by atoms with Crippen LogP contribution < -0.4 is 0 Å². The highest BCUT2D eigenvalue weighted by atomic mass is 14.3. The first kappa shape index (κ1) is 16.5. The zero-order valence-corrected chi connectivity index (χ0v) is 14.8. The van der Waals surface area contributed by atoms with Crippen molar-refractivity contribution >= 4 is 11.6 Å². The molecule has 0 radical (unpaired) electrons. The molecule has 122 valence electrons. The largest absolute Gasteiger partial charge is 0.0810 e. The van der Waals surface area contributed by atoms with Crippen LogP contribution in [-0.2, 0) is 0 Å². The Kier molecular flexibility index (Phi) is 5.48. The molecule has 0 unspecified atom stereocenters. The minimum Gasteiger partial charge on any atom is -0.0810 e. The maximum absolute atomic E-state index is 2.39. The summed E-state index contributed by atoms with van der Waals surface area (Å²) in [6.45, 7) is 4.49. The molecule has 0 heterocycles. The number of hydrogen-bond acceptors (Lipinski definition) is 0. The van der Waals surface area contributed by atoms with Crippen LogP contribution in [0.3, 0.4) is 0 Å². The number of benzene rings is 2. The molecule has 0 atom stereocenters. The van der Waals surface area contributed by atoms with Gasteiger partial charge in [0.1, 0.15) is 0 Å². The molecule has 3 rings (SSSR count). The summed E-state index contributed by atoms with van der Waals surface area (Å²) >= 11 is 0.